The van der Waals surface area contributed by atoms with Gasteiger partial charge in [0.1, 0.15) is 5.84 Å². The molecule has 23 heavy (non-hydrogen) atoms. The van der Waals surface area contributed by atoms with E-state index in [1.165, 1.54) is 12.3 Å². The first kappa shape index (κ1) is 19.9. The Labute approximate surface area is 147 Å². The number of hydrogen-bond donors (Lipinski definition) is 2. The van der Waals surface area contributed by atoms with Gasteiger partial charge in [0, 0.05) is 38.0 Å². The van der Waals surface area contributed by atoms with Crippen LogP contribution in [0.15, 0.2) is 32.9 Å². The number of carbonyl (C=O) groups is 1. The fourth-order valence-corrected chi connectivity index (χ4v) is 2.95. The summed E-state index contributed by atoms with van der Waals surface area (Å²) < 4.78 is 2.36. The van der Waals surface area contributed by atoms with Gasteiger partial charge in [-0.2, -0.15) is 0 Å². The Balaban J connectivity index is 2.62. The Morgan fingerprint density at radius 3 is 2.70 bits per heavy atom. The van der Waals surface area contributed by atoms with Crippen molar-refractivity contribution in [2.75, 3.05) is 33.1 Å². The maximum absolute atomic E-state index is 10.7. The lowest BCUT2D eigenvalue weighted by Crippen LogP contribution is -2.40. The Kier molecular flexibility index (Phi) is 9.86. The number of likely N-dealkylation sites (N-methyl/N-ethyl adjacent to an activating group) is 1. The average molecular weight is 358 g/mol. The van der Waals surface area contributed by atoms with Crippen LogP contribution in [0.2, 0.25) is 0 Å². The summed E-state index contributed by atoms with van der Waals surface area (Å²) in [5, 5.41) is 6.51. The monoisotopic (exact) mass is 357 g/mol. The van der Waals surface area contributed by atoms with E-state index >= 15 is 0 Å². The second kappa shape index (κ2) is 11.4. The molecule has 0 radical (unpaired) electrons. The molecule has 0 atom stereocenters. The predicted molar refractivity (Wildman–Crippen MR) is 100 cm³/mol. The van der Waals surface area contributed by atoms with Crippen LogP contribution in [0.4, 0.5) is 0 Å². The lowest BCUT2D eigenvalue weighted by Gasteiger charge is -2.30. The molecule has 1 heterocycles. The van der Waals surface area contributed by atoms with E-state index in [0.29, 0.717) is 30.4 Å². The number of carbonyl (C=O) groups excluding carboxylic acids is 1. The SMILES string of the molecule is C=N/C=C(/C=C(/Cl)C=O)C(=N/CNC1CCN(SC)CC1)\NC. The van der Waals surface area contributed by atoms with E-state index in [1.54, 1.807) is 19.0 Å². The highest BCUT2D eigenvalue weighted by molar-refractivity contribution is 7.96. The van der Waals surface area contributed by atoms with Gasteiger partial charge in [0.15, 0.2) is 6.29 Å². The van der Waals surface area contributed by atoms with Gasteiger partial charge in [-0.3, -0.25) is 24.4 Å². The van der Waals surface area contributed by atoms with Crippen molar-refractivity contribution in [2.45, 2.75) is 18.9 Å². The molecule has 0 amide bonds. The van der Waals surface area contributed by atoms with Crippen LogP contribution in [0.5, 0.6) is 0 Å². The first-order valence-corrected chi connectivity index (χ1v) is 8.94. The molecule has 0 bridgehead atoms. The summed E-state index contributed by atoms with van der Waals surface area (Å²) in [5.41, 5.74) is 0.610. The van der Waals surface area contributed by atoms with E-state index in [9.17, 15) is 4.79 Å². The quantitative estimate of drug-likeness (QED) is 0.173. The Morgan fingerprint density at radius 2 is 2.17 bits per heavy atom. The summed E-state index contributed by atoms with van der Waals surface area (Å²) in [6, 6.07) is 0.472. The highest BCUT2D eigenvalue weighted by Gasteiger charge is 2.17. The molecule has 1 fully saturated rings. The van der Waals surface area contributed by atoms with Crippen molar-refractivity contribution in [1.29, 1.82) is 0 Å². The Bertz CT molecular complexity index is 484. The minimum Gasteiger partial charge on any atom is -0.373 e. The zero-order valence-corrected chi connectivity index (χ0v) is 15.2. The van der Waals surface area contributed by atoms with Gasteiger partial charge in [-0.05, 0) is 31.9 Å². The molecule has 0 aromatic carbocycles. The van der Waals surface area contributed by atoms with Crippen LogP contribution < -0.4 is 10.6 Å². The van der Waals surface area contributed by atoms with Crippen molar-refractivity contribution in [3.63, 3.8) is 0 Å². The normalized spacial score (nSPS) is 18.8. The molecule has 2 N–H and O–H groups in total. The number of nitrogens with zero attached hydrogens (tertiary/aromatic N) is 3. The van der Waals surface area contributed by atoms with Gasteiger partial charge in [-0.1, -0.05) is 23.5 Å². The molecule has 1 aliphatic rings. The van der Waals surface area contributed by atoms with Crippen molar-refractivity contribution in [3.8, 4) is 0 Å². The summed E-state index contributed by atoms with van der Waals surface area (Å²) in [7, 11) is 1.76. The van der Waals surface area contributed by atoms with E-state index < -0.39 is 0 Å². The van der Waals surface area contributed by atoms with Gasteiger partial charge < -0.3 is 5.32 Å². The second-order valence-corrected chi connectivity index (χ2v) is 6.24. The van der Waals surface area contributed by atoms with Gasteiger partial charge in [0.2, 0.25) is 0 Å². The number of amidine groups is 1. The molecule has 0 aromatic rings. The molecule has 0 aromatic heterocycles. The first-order valence-electron chi connectivity index (χ1n) is 7.38. The van der Waals surface area contributed by atoms with Gasteiger partial charge in [-0.15, -0.1) is 0 Å². The molecule has 0 spiro atoms. The van der Waals surface area contributed by atoms with E-state index in [2.05, 4.69) is 37.9 Å². The molecule has 8 heteroatoms. The van der Waals surface area contributed by atoms with Crippen molar-refractivity contribution in [2.24, 2.45) is 9.98 Å². The maximum Gasteiger partial charge on any atom is 0.161 e. The smallest absolute Gasteiger partial charge is 0.161 e. The molecule has 6 nitrogen and oxygen atoms in total. The largest absolute Gasteiger partial charge is 0.373 e. The van der Waals surface area contributed by atoms with Crippen molar-refractivity contribution >= 4 is 42.4 Å². The molecule has 0 aliphatic carbocycles. The number of aliphatic imine (C=N–C) groups is 2. The van der Waals surface area contributed by atoms with Crippen LogP contribution in [-0.4, -0.2) is 62.2 Å². The van der Waals surface area contributed by atoms with E-state index in [1.807, 2.05) is 0 Å². The van der Waals surface area contributed by atoms with E-state index in [-0.39, 0.29) is 5.03 Å². The van der Waals surface area contributed by atoms with Crippen LogP contribution >= 0.6 is 23.5 Å². The Hall–Kier alpha value is -1.15. The van der Waals surface area contributed by atoms with Crippen LogP contribution in [0, 0.1) is 0 Å². The summed E-state index contributed by atoms with van der Waals surface area (Å²) >= 11 is 7.56. The van der Waals surface area contributed by atoms with Crippen LogP contribution in [0.3, 0.4) is 0 Å². The number of hydrogen-bond acceptors (Lipinski definition) is 6. The molecule has 1 aliphatic heterocycles. The lowest BCUT2D eigenvalue weighted by atomic mass is 10.1. The Morgan fingerprint density at radius 1 is 1.48 bits per heavy atom. The summed E-state index contributed by atoms with van der Waals surface area (Å²) in [5.74, 6) is 0.603. The standard InChI is InChI=1S/C15H24ClN5OS/c1-17-9-12(8-13(16)10-22)15(18-2)20-11-19-14-4-6-21(23-3)7-5-14/h8-10,14,19H,1,4-7,11H2,2-3H3,(H,18,20)/b12-9-,13-8+. The fraction of sp³-hybridized carbons (Fsp3) is 0.533. The maximum atomic E-state index is 10.7. The number of halogens is 1. The van der Waals surface area contributed by atoms with Crippen LogP contribution in [0.1, 0.15) is 12.8 Å². The van der Waals surface area contributed by atoms with Crippen LogP contribution in [0.25, 0.3) is 0 Å². The molecular weight excluding hydrogens is 334 g/mol. The highest BCUT2D eigenvalue weighted by Crippen LogP contribution is 2.16. The third kappa shape index (κ3) is 7.30. The summed E-state index contributed by atoms with van der Waals surface area (Å²) in [4.78, 5) is 18.9. The highest BCUT2D eigenvalue weighted by atomic mass is 35.5. The van der Waals surface area contributed by atoms with Gasteiger partial charge >= 0.3 is 0 Å². The topological polar surface area (TPSA) is 69.1 Å². The van der Waals surface area contributed by atoms with Gasteiger partial charge in [-0.25, -0.2) is 0 Å². The molecule has 1 saturated heterocycles. The third-order valence-corrected chi connectivity index (χ3v) is 4.56. The van der Waals surface area contributed by atoms with E-state index in [0.717, 1.165) is 25.9 Å². The van der Waals surface area contributed by atoms with Crippen molar-refractivity contribution in [3.05, 3.63) is 22.9 Å². The zero-order valence-electron chi connectivity index (χ0n) is 13.6. The summed E-state index contributed by atoms with van der Waals surface area (Å²) in [6.07, 6.45) is 7.92. The first-order chi connectivity index (χ1) is 11.1. The summed E-state index contributed by atoms with van der Waals surface area (Å²) in [6.45, 7) is 6.09. The van der Waals surface area contributed by atoms with E-state index in [4.69, 9.17) is 11.6 Å². The average Bonchev–Trinajstić information content (AvgIpc) is 2.59. The number of rotatable bonds is 8. The lowest BCUT2D eigenvalue weighted by molar-refractivity contribution is -0.104. The molecule has 128 valence electrons. The second-order valence-electron chi connectivity index (χ2n) is 4.92. The molecule has 0 unspecified atom stereocenters. The minimum absolute atomic E-state index is 0.0836. The molecule has 0 saturated carbocycles. The molecule has 1 rings (SSSR count). The number of aldehydes is 1. The number of allylic oxidation sites excluding steroid dienone is 1. The van der Waals surface area contributed by atoms with Crippen LogP contribution in [-0.2, 0) is 4.79 Å². The number of nitrogens with one attached hydrogen (secondary N) is 2. The van der Waals surface area contributed by atoms with Crippen molar-refractivity contribution < 1.29 is 4.79 Å². The van der Waals surface area contributed by atoms with Gasteiger partial charge in [0.05, 0.1) is 11.7 Å². The fourth-order valence-electron chi connectivity index (χ4n) is 2.26. The number of piperidine rings is 1. The third-order valence-electron chi connectivity index (χ3n) is 3.48. The zero-order chi connectivity index (χ0) is 17.1. The molecular formula is C15H24ClN5OS. The predicted octanol–water partition coefficient (Wildman–Crippen LogP) is 1.80. The minimum atomic E-state index is 0.0836. The van der Waals surface area contributed by atoms with Crippen molar-refractivity contribution in [1.82, 2.24) is 14.9 Å². The van der Waals surface area contributed by atoms with Gasteiger partial charge in [0.25, 0.3) is 0 Å².